The number of methoxy groups -OCH3 is 1. The Labute approximate surface area is 160 Å². The summed E-state index contributed by atoms with van der Waals surface area (Å²) in [4.78, 5) is 14.7. The maximum absolute atomic E-state index is 13.0. The van der Waals surface area contributed by atoms with E-state index in [4.69, 9.17) is 9.47 Å². The van der Waals surface area contributed by atoms with Crippen molar-refractivity contribution in [2.24, 2.45) is 0 Å². The number of nitrogens with zero attached hydrogens (tertiary/aromatic N) is 1. The highest BCUT2D eigenvalue weighted by atomic mass is 16.5. The first-order valence-electron chi connectivity index (χ1n) is 9.15. The molecule has 0 aliphatic rings. The Morgan fingerprint density at radius 2 is 1.63 bits per heavy atom. The van der Waals surface area contributed by atoms with Gasteiger partial charge in [-0.05, 0) is 23.9 Å². The van der Waals surface area contributed by atoms with Gasteiger partial charge in [0, 0.05) is 24.5 Å². The first-order chi connectivity index (χ1) is 13.1. The fourth-order valence-electron chi connectivity index (χ4n) is 3.17. The molecule has 3 aromatic carbocycles. The van der Waals surface area contributed by atoms with Crippen LogP contribution in [0.15, 0.2) is 66.7 Å². The molecule has 0 saturated heterocycles. The molecule has 4 nitrogen and oxygen atoms in total. The molecular formula is C23H25NO3. The minimum atomic E-state index is -0.532. The monoisotopic (exact) mass is 363 g/mol. The first-order valence-corrected chi connectivity index (χ1v) is 9.15. The molecule has 0 unspecified atom stereocenters. The van der Waals surface area contributed by atoms with Gasteiger partial charge in [0.25, 0.3) is 5.91 Å². The van der Waals surface area contributed by atoms with Crippen molar-refractivity contribution in [3.8, 4) is 11.5 Å². The average Bonchev–Trinajstić information content (AvgIpc) is 2.72. The lowest BCUT2D eigenvalue weighted by molar-refractivity contribution is -0.138. The van der Waals surface area contributed by atoms with E-state index in [9.17, 15) is 4.79 Å². The van der Waals surface area contributed by atoms with E-state index in [0.29, 0.717) is 13.0 Å². The van der Waals surface area contributed by atoms with Crippen LogP contribution in [-0.2, 0) is 11.3 Å². The van der Waals surface area contributed by atoms with Gasteiger partial charge in [0.1, 0.15) is 11.5 Å². The van der Waals surface area contributed by atoms with Gasteiger partial charge < -0.3 is 14.4 Å². The second-order valence-electron chi connectivity index (χ2n) is 6.50. The van der Waals surface area contributed by atoms with Crippen LogP contribution in [0.3, 0.4) is 0 Å². The van der Waals surface area contributed by atoms with Crippen LogP contribution in [0.5, 0.6) is 11.5 Å². The van der Waals surface area contributed by atoms with Crippen LogP contribution in [0.1, 0.15) is 18.9 Å². The third kappa shape index (κ3) is 4.22. The molecule has 3 aromatic rings. The highest BCUT2D eigenvalue weighted by molar-refractivity contribution is 5.89. The van der Waals surface area contributed by atoms with Crippen molar-refractivity contribution in [2.45, 2.75) is 26.0 Å². The van der Waals surface area contributed by atoms with Crippen LogP contribution < -0.4 is 9.47 Å². The van der Waals surface area contributed by atoms with Crippen molar-refractivity contribution in [1.29, 1.82) is 0 Å². The largest absolute Gasteiger partial charge is 0.496 e. The summed E-state index contributed by atoms with van der Waals surface area (Å²) in [6, 6.07) is 21.7. The van der Waals surface area contributed by atoms with E-state index in [0.717, 1.165) is 27.8 Å². The molecule has 140 valence electrons. The maximum Gasteiger partial charge on any atom is 0.263 e. The third-order valence-electron chi connectivity index (χ3n) is 4.64. The van der Waals surface area contributed by atoms with Gasteiger partial charge in [0.2, 0.25) is 0 Å². The van der Waals surface area contributed by atoms with E-state index in [1.165, 1.54) is 0 Å². The van der Waals surface area contributed by atoms with Gasteiger partial charge in [0.05, 0.1) is 7.11 Å². The van der Waals surface area contributed by atoms with Gasteiger partial charge >= 0.3 is 0 Å². The van der Waals surface area contributed by atoms with Crippen molar-refractivity contribution in [3.05, 3.63) is 72.3 Å². The number of hydrogen-bond acceptors (Lipinski definition) is 3. The van der Waals surface area contributed by atoms with E-state index < -0.39 is 6.10 Å². The van der Waals surface area contributed by atoms with Crippen molar-refractivity contribution in [2.75, 3.05) is 14.2 Å². The molecule has 1 amide bonds. The zero-order valence-electron chi connectivity index (χ0n) is 16.0. The molecule has 0 N–H and O–H groups in total. The van der Waals surface area contributed by atoms with Gasteiger partial charge in [-0.1, -0.05) is 61.5 Å². The lowest BCUT2D eigenvalue weighted by Crippen LogP contribution is -2.39. The van der Waals surface area contributed by atoms with Crippen molar-refractivity contribution in [3.63, 3.8) is 0 Å². The van der Waals surface area contributed by atoms with E-state index in [2.05, 4.69) is 0 Å². The van der Waals surface area contributed by atoms with Crippen LogP contribution in [0, 0.1) is 0 Å². The van der Waals surface area contributed by atoms with Crippen molar-refractivity contribution in [1.82, 2.24) is 4.90 Å². The molecule has 0 aliphatic heterocycles. The van der Waals surface area contributed by atoms with Crippen molar-refractivity contribution >= 4 is 16.7 Å². The Morgan fingerprint density at radius 1 is 0.963 bits per heavy atom. The van der Waals surface area contributed by atoms with Crippen LogP contribution in [-0.4, -0.2) is 31.1 Å². The van der Waals surface area contributed by atoms with Crippen LogP contribution in [0.4, 0.5) is 0 Å². The number of likely N-dealkylation sites (N-methyl/N-ethyl adjacent to an activating group) is 1. The molecule has 3 rings (SSSR count). The number of carbonyl (C=O) groups is 1. The molecule has 4 heteroatoms. The lowest BCUT2D eigenvalue weighted by atomic mass is 10.1. The summed E-state index contributed by atoms with van der Waals surface area (Å²) in [7, 11) is 3.43. The minimum Gasteiger partial charge on any atom is -0.496 e. The predicted molar refractivity (Wildman–Crippen MR) is 108 cm³/mol. The fraction of sp³-hybridized carbons (Fsp3) is 0.261. The van der Waals surface area contributed by atoms with Gasteiger partial charge in [0.15, 0.2) is 6.10 Å². The van der Waals surface area contributed by atoms with Crippen molar-refractivity contribution < 1.29 is 14.3 Å². The molecule has 0 aliphatic carbocycles. The normalized spacial score (nSPS) is 11.8. The quantitative estimate of drug-likeness (QED) is 0.613. The standard InChI is InChI=1S/C23H25NO3/c1-4-20(27-22-15-9-12-17-10-5-7-13-19(17)22)23(25)24(2)16-18-11-6-8-14-21(18)26-3/h5-15,20H,4,16H2,1-3H3/t20-/m0/s1. The second kappa shape index (κ2) is 8.58. The molecule has 0 heterocycles. The van der Waals surface area contributed by atoms with Gasteiger partial charge in [-0.25, -0.2) is 0 Å². The first kappa shape index (κ1) is 18.8. The summed E-state index contributed by atoms with van der Waals surface area (Å²) in [6.45, 7) is 2.43. The Kier molecular flexibility index (Phi) is 5.97. The molecule has 0 saturated carbocycles. The Balaban J connectivity index is 1.77. The van der Waals surface area contributed by atoms with E-state index in [1.807, 2.05) is 73.7 Å². The second-order valence-corrected chi connectivity index (χ2v) is 6.50. The van der Waals surface area contributed by atoms with Crippen LogP contribution >= 0.6 is 0 Å². The summed E-state index contributed by atoms with van der Waals surface area (Å²) in [5, 5.41) is 2.11. The molecule has 0 spiro atoms. The molecule has 0 bridgehead atoms. The number of carbonyl (C=O) groups excluding carboxylic acids is 1. The molecule has 1 atom stereocenters. The Morgan fingerprint density at radius 3 is 2.41 bits per heavy atom. The number of benzene rings is 3. The molecule has 0 fully saturated rings. The smallest absolute Gasteiger partial charge is 0.263 e. The summed E-state index contributed by atoms with van der Waals surface area (Å²) >= 11 is 0. The zero-order chi connectivity index (χ0) is 19.2. The third-order valence-corrected chi connectivity index (χ3v) is 4.64. The highest BCUT2D eigenvalue weighted by Crippen LogP contribution is 2.27. The summed E-state index contributed by atoms with van der Waals surface area (Å²) in [5.74, 6) is 1.47. The van der Waals surface area contributed by atoms with E-state index in [1.54, 1.807) is 19.1 Å². The molecule has 0 aromatic heterocycles. The average molecular weight is 363 g/mol. The number of ether oxygens (including phenoxy) is 2. The topological polar surface area (TPSA) is 38.8 Å². The van der Waals surface area contributed by atoms with Crippen LogP contribution in [0.25, 0.3) is 10.8 Å². The number of amides is 1. The molecule has 27 heavy (non-hydrogen) atoms. The molecular weight excluding hydrogens is 338 g/mol. The number of rotatable bonds is 7. The lowest BCUT2D eigenvalue weighted by Gasteiger charge is -2.25. The van der Waals surface area contributed by atoms with E-state index >= 15 is 0 Å². The summed E-state index contributed by atoms with van der Waals surface area (Å²) < 4.78 is 11.5. The number of fused-ring (bicyclic) bond motifs is 1. The van der Waals surface area contributed by atoms with Gasteiger partial charge in [-0.15, -0.1) is 0 Å². The predicted octanol–water partition coefficient (Wildman–Crippen LogP) is 4.66. The SMILES string of the molecule is CC[C@H](Oc1cccc2ccccc12)C(=O)N(C)Cc1ccccc1OC. The summed E-state index contributed by atoms with van der Waals surface area (Å²) in [5.41, 5.74) is 0.968. The summed E-state index contributed by atoms with van der Waals surface area (Å²) in [6.07, 6.45) is 0.0636. The number of hydrogen-bond donors (Lipinski definition) is 0. The maximum atomic E-state index is 13.0. The van der Waals surface area contributed by atoms with Gasteiger partial charge in [-0.3, -0.25) is 4.79 Å². The Hall–Kier alpha value is -3.01. The van der Waals surface area contributed by atoms with E-state index in [-0.39, 0.29) is 5.91 Å². The molecule has 0 radical (unpaired) electrons. The van der Waals surface area contributed by atoms with Gasteiger partial charge in [-0.2, -0.15) is 0 Å². The van der Waals surface area contributed by atoms with Crippen LogP contribution in [0.2, 0.25) is 0 Å². The Bertz CT molecular complexity index is 917. The number of para-hydroxylation sites is 1. The highest BCUT2D eigenvalue weighted by Gasteiger charge is 2.23. The minimum absolute atomic E-state index is 0.0451. The zero-order valence-corrected chi connectivity index (χ0v) is 16.0. The fourth-order valence-corrected chi connectivity index (χ4v) is 3.17.